The summed E-state index contributed by atoms with van der Waals surface area (Å²) in [6, 6.07) is 25.3. The van der Waals surface area contributed by atoms with Crippen LogP contribution in [0.15, 0.2) is 83.7 Å². The van der Waals surface area contributed by atoms with Gasteiger partial charge < -0.3 is 24.8 Å². The molecular weight excluding hydrogens is 548 g/mol. The molecule has 0 unspecified atom stereocenters. The first kappa shape index (κ1) is 29.0. The highest BCUT2D eigenvalue weighted by Gasteiger charge is 2.15. The molecule has 2 N–H and O–H groups in total. The summed E-state index contributed by atoms with van der Waals surface area (Å²) in [5, 5.41) is 7.23. The van der Waals surface area contributed by atoms with Crippen LogP contribution in [0, 0.1) is 6.92 Å². The lowest BCUT2D eigenvalue weighted by Crippen LogP contribution is -2.36. The van der Waals surface area contributed by atoms with Gasteiger partial charge in [0.1, 0.15) is 5.82 Å². The molecule has 1 aliphatic heterocycles. The Morgan fingerprint density at radius 1 is 0.976 bits per heavy atom. The van der Waals surface area contributed by atoms with E-state index in [1.54, 1.807) is 22.8 Å². The van der Waals surface area contributed by atoms with Gasteiger partial charge in [-0.15, -0.1) is 0 Å². The Kier molecular flexibility index (Phi) is 9.58. The normalized spacial score (nSPS) is 12.9. The number of fused-ring (bicyclic) bond motifs is 1. The maximum Gasteiger partial charge on any atom is 0.253 e. The van der Waals surface area contributed by atoms with E-state index in [1.165, 1.54) is 10.8 Å². The van der Waals surface area contributed by atoms with Crippen LogP contribution >= 0.6 is 11.3 Å². The van der Waals surface area contributed by atoms with Crippen molar-refractivity contribution in [3.05, 3.63) is 112 Å². The Balaban J connectivity index is 0.000000267. The lowest BCUT2D eigenvalue weighted by atomic mass is 10.1. The molecular formula is C32H34N6O3S. The van der Waals surface area contributed by atoms with Crippen molar-refractivity contribution in [3.8, 4) is 0 Å². The van der Waals surface area contributed by atoms with Crippen molar-refractivity contribution in [1.82, 2.24) is 14.5 Å². The summed E-state index contributed by atoms with van der Waals surface area (Å²) in [6.07, 6.45) is 0.802. The zero-order chi connectivity index (χ0) is 29.3. The molecule has 1 fully saturated rings. The van der Waals surface area contributed by atoms with Gasteiger partial charge in [0.25, 0.3) is 5.56 Å². The second-order valence-corrected chi connectivity index (χ2v) is 10.8. The van der Waals surface area contributed by atoms with Gasteiger partial charge in [0.05, 0.1) is 46.9 Å². The average molecular weight is 583 g/mol. The van der Waals surface area contributed by atoms with Crippen LogP contribution in [-0.4, -0.2) is 54.2 Å². The molecule has 4 heterocycles. The van der Waals surface area contributed by atoms with E-state index in [9.17, 15) is 9.59 Å². The Morgan fingerprint density at radius 2 is 1.74 bits per heavy atom. The molecule has 0 spiro atoms. The van der Waals surface area contributed by atoms with Gasteiger partial charge in [0.15, 0.2) is 11.4 Å². The number of aldehydes is 1. The smallest absolute Gasteiger partial charge is 0.253 e. The van der Waals surface area contributed by atoms with Gasteiger partial charge in [-0.3, -0.25) is 9.59 Å². The minimum atomic E-state index is -0.169. The number of nitrogens with one attached hydrogen (secondary N) is 2. The number of thiazole rings is 1. The van der Waals surface area contributed by atoms with Gasteiger partial charge in [0, 0.05) is 38.4 Å². The summed E-state index contributed by atoms with van der Waals surface area (Å²) in [6.45, 7) is 5.61. The van der Waals surface area contributed by atoms with Crippen molar-refractivity contribution < 1.29 is 9.53 Å². The first-order chi connectivity index (χ1) is 20.6. The minimum absolute atomic E-state index is 0.169. The van der Waals surface area contributed by atoms with Crippen LogP contribution in [0.5, 0.6) is 0 Å². The highest BCUT2D eigenvalue weighted by atomic mass is 32.1. The highest BCUT2D eigenvalue weighted by Crippen LogP contribution is 2.24. The van der Waals surface area contributed by atoms with Crippen molar-refractivity contribution in [2.45, 2.75) is 20.0 Å². The molecule has 0 aliphatic carbocycles. The molecule has 1 aliphatic rings. The van der Waals surface area contributed by atoms with E-state index in [0.717, 1.165) is 47.1 Å². The second-order valence-electron chi connectivity index (χ2n) is 9.76. The van der Waals surface area contributed by atoms with Crippen LogP contribution in [0.25, 0.3) is 10.2 Å². The summed E-state index contributed by atoms with van der Waals surface area (Å²) in [5.41, 5.74) is 4.41. The molecule has 0 atom stereocenters. The number of benzene rings is 2. The van der Waals surface area contributed by atoms with E-state index in [-0.39, 0.29) is 5.56 Å². The van der Waals surface area contributed by atoms with Crippen molar-refractivity contribution in [1.29, 1.82) is 0 Å². The van der Waals surface area contributed by atoms with E-state index in [2.05, 4.69) is 26.6 Å². The predicted octanol–water partition coefficient (Wildman–Crippen LogP) is 5.20. The number of aromatic nitrogens is 3. The molecule has 10 heteroatoms. The van der Waals surface area contributed by atoms with Gasteiger partial charge in [-0.05, 0) is 36.8 Å². The van der Waals surface area contributed by atoms with Crippen molar-refractivity contribution in [2.24, 2.45) is 0 Å². The number of nitrogens with zero attached hydrogens (tertiary/aromatic N) is 4. The Hall–Kier alpha value is -4.54. The summed E-state index contributed by atoms with van der Waals surface area (Å²) in [4.78, 5) is 36.0. The third-order valence-electron chi connectivity index (χ3n) is 7.02. The molecule has 1 saturated heterocycles. The van der Waals surface area contributed by atoms with Gasteiger partial charge in [-0.1, -0.05) is 59.9 Å². The van der Waals surface area contributed by atoms with Crippen molar-refractivity contribution >= 4 is 44.5 Å². The number of anilines is 3. The first-order valence-corrected chi connectivity index (χ1v) is 14.7. The predicted molar refractivity (Wildman–Crippen MR) is 170 cm³/mol. The number of hydrogen-bond donors (Lipinski definition) is 2. The molecule has 2 aromatic carbocycles. The van der Waals surface area contributed by atoms with Crippen molar-refractivity contribution in [3.63, 3.8) is 0 Å². The number of morpholine rings is 1. The van der Waals surface area contributed by atoms with Gasteiger partial charge in [-0.25, -0.2) is 9.97 Å². The standard InChI is InChI=1S/C24H26N4O3.C8H8N2S/c1-18-21(17-29)22(25-15-19-6-3-2-4-7-19)14-24(30)28(18)16-20-8-5-9-23(26-20)27-10-12-31-13-11-27;1-9-8-10-6-4-2-3-5-7(6)11-8/h2-9,14,17,25H,10-13,15-16H2,1H3;2-5H,1H3,(H,9,10). The molecule has 0 amide bonds. The van der Waals surface area contributed by atoms with Crippen LogP contribution in [0.3, 0.4) is 0 Å². The molecule has 216 valence electrons. The third-order valence-corrected chi connectivity index (χ3v) is 8.07. The van der Waals surface area contributed by atoms with E-state index in [1.807, 2.05) is 73.8 Å². The summed E-state index contributed by atoms with van der Waals surface area (Å²) in [7, 11) is 1.89. The van der Waals surface area contributed by atoms with Crippen molar-refractivity contribution in [2.75, 3.05) is 48.9 Å². The number of carbonyl (C=O) groups is 1. The zero-order valence-corrected chi connectivity index (χ0v) is 24.6. The zero-order valence-electron chi connectivity index (χ0n) is 23.7. The molecule has 3 aromatic heterocycles. The fourth-order valence-electron chi connectivity index (χ4n) is 4.73. The molecule has 5 aromatic rings. The largest absolute Gasteiger partial charge is 0.380 e. The van der Waals surface area contributed by atoms with Crippen LogP contribution in [0.4, 0.5) is 16.6 Å². The maximum absolute atomic E-state index is 12.9. The number of rotatable bonds is 8. The third kappa shape index (κ3) is 7.02. The molecule has 9 nitrogen and oxygen atoms in total. The second kappa shape index (κ2) is 13.9. The fraction of sp³-hybridized carbons (Fsp3) is 0.250. The lowest BCUT2D eigenvalue weighted by molar-refractivity contribution is 0.112. The Labute approximate surface area is 248 Å². The molecule has 0 radical (unpaired) electrons. The lowest BCUT2D eigenvalue weighted by Gasteiger charge is -2.28. The Bertz CT molecular complexity index is 1660. The maximum atomic E-state index is 12.9. The fourth-order valence-corrected chi connectivity index (χ4v) is 5.55. The molecule has 6 rings (SSSR count). The van der Waals surface area contributed by atoms with E-state index < -0.39 is 0 Å². The quantitative estimate of drug-likeness (QED) is 0.241. The molecule has 0 saturated carbocycles. The highest BCUT2D eigenvalue weighted by molar-refractivity contribution is 7.22. The minimum Gasteiger partial charge on any atom is -0.380 e. The average Bonchev–Trinajstić information content (AvgIpc) is 3.47. The number of hydrogen-bond acceptors (Lipinski definition) is 9. The summed E-state index contributed by atoms with van der Waals surface area (Å²) < 4.78 is 8.24. The van der Waals surface area contributed by atoms with Gasteiger partial charge >= 0.3 is 0 Å². The van der Waals surface area contributed by atoms with Crippen LogP contribution in [0.1, 0.15) is 27.3 Å². The van der Waals surface area contributed by atoms with E-state index in [4.69, 9.17) is 9.72 Å². The van der Waals surface area contributed by atoms with Gasteiger partial charge in [0.2, 0.25) is 0 Å². The van der Waals surface area contributed by atoms with Gasteiger partial charge in [-0.2, -0.15) is 0 Å². The number of carbonyl (C=O) groups excluding carboxylic acids is 1. The summed E-state index contributed by atoms with van der Waals surface area (Å²) >= 11 is 1.68. The summed E-state index contributed by atoms with van der Waals surface area (Å²) in [5.74, 6) is 0.878. The number of ether oxygens (including phenoxy) is 1. The number of para-hydroxylation sites is 1. The van der Waals surface area contributed by atoms with Crippen LogP contribution in [-0.2, 0) is 17.8 Å². The molecule has 0 bridgehead atoms. The topological polar surface area (TPSA) is 101 Å². The SMILES string of the molecule is CNc1nc2ccccc2s1.Cc1c(C=O)c(NCc2ccccc2)cc(=O)n1Cc1cccc(N2CCOCC2)n1. The number of pyridine rings is 2. The van der Waals surface area contributed by atoms with E-state index in [0.29, 0.717) is 43.2 Å². The van der Waals surface area contributed by atoms with E-state index >= 15 is 0 Å². The molecule has 42 heavy (non-hydrogen) atoms. The van der Waals surface area contributed by atoms with Crippen LogP contribution in [0.2, 0.25) is 0 Å². The first-order valence-electron chi connectivity index (χ1n) is 13.8. The van der Waals surface area contributed by atoms with Crippen LogP contribution < -0.4 is 21.1 Å². The Morgan fingerprint density at radius 3 is 2.48 bits per heavy atom. The monoisotopic (exact) mass is 582 g/mol.